The van der Waals surface area contributed by atoms with Gasteiger partial charge < -0.3 is 25.6 Å². The van der Waals surface area contributed by atoms with Crippen LogP contribution < -0.4 is 11.1 Å². The van der Waals surface area contributed by atoms with Gasteiger partial charge in [0.15, 0.2) is 0 Å². The molecule has 0 unspecified atom stereocenters. The van der Waals surface area contributed by atoms with Crippen molar-refractivity contribution >= 4 is 28.3 Å². The van der Waals surface area contributed by atoms with Crippen LogP contribution in [-0.2, 0) is 22.4 Å². The van der Waals surface area contributed by atoms with Crippen molar-refractivity contribution in [3.05, 3.63) is 16.0 Å². The van der Waals surface area contributed by atoms with E-state index < -0.39 is 0 Å². The van der Waals surface area contributed by atoms with E-state index in [1.807, 2.05) is 21.0 Å². The Morgan fingerprint density at radius 3 is 2.74 bits per heavy atom. The number of ether oxygens (including phenoxy) is 1. The van der Waals surface area contributed by atoms with Gasteiger partial charge in [-0.3, -0.25) is 9.69 Å². The van der Waals surface area contributed by atoms with Gasteiger partial charge in [-0.15, -0.1) is 11.3 Å². The van der Waals surface area contributed by atoms with Crippen LogP contribution in [0.4, 0.5) is 9.80 Å². The molecule has 1 aromatic heterocycles. The third kappa shape index (κ3) is 6.73. The first-order valence-electron chi connectivity index (χ1n) is 12.6. The van der Waals surface area contributed by atoms with E-state index in [0.29, 0.717) is 49.3 Å². The Bertz CT molecular complexity index is 927. The van der Waals surface area contributed by atoms with E-state index in [4.69, 9.17) is 10.5 Å². The standard InChI is InChI=1S/C25H40N6O3S/c1-5-34-11-10-31(25(33)28-8-6-7-9-29(2)3)24(32)18-12-17-13-19-20(15-26)23(27)35-22(19)14-21(17)30(4)16-18/h17-18,21H,5-14,16,27H2,1-4H3,(H,28,33)/t17-,18-,21-/m1/s1. The molecule has 194 valence electrons. The van der Waals surface area contributed by atoms with Crippen LogP contribution >= 0.6 is 11.3 Å². The molecule has 3 amide bonds. The Balaban J connectivity index is 1.67. The van der Waals surface area contributed by atoms with Crippen molar-refractivity contribution in [1.29, 1.82) is 5.26 Å². The number of nitrogen functional groups attached to an aromatic ring is 1. The number of anilines is 1. The third-order valence-corrected chi connectivity index (χ3v) is 8.21. The summed E-state index contributed by atoms with van der Waals surface area (Å²) in [5.74, 6) is -0.165. The maximum atomic E-state index is 13.6. The second-order valence-corrected chi connectivity index (χ2v) is 11.0. The monoisotopic (exact) mass is 504 g/mol. The van der Waals surface area contributed by atoms with Gasteiger partial charge in [-0.05, 0) is 78.2 Å². The maximum Gasteiger partial charge on any atom is 0.324 e. The predicted molar refractivity (Wildman–Crippen MR) is 138 cm³/mol. The van der Waals surface area contributed by atoms with Gasteiger partial charge in [-0.2, -0.15) is 5.26 Å². The zero-order valence-electron chi connectivity index (χ0n) is 21.5. The summed E-state index contributed by atoms with van der Waals surface area (Å²) < 4.78 is 5.46. The first kappa shape index (κ1) is 27.4. The molecule has 0 aromatic carbocycles. The molecule has 3 rings (SSSR count). The highest BCUT2D eigenvalue weighted by Crippen LogP contribution is 2.42. The second kappa shape index (κ2) is 12.7. The molecule has 2 aliphatic rings. The van der Waals surface area contributed by atoms with E-state index in [1.165, 1.54) is 21.1 Å². The molecule has 0 radical (unpaired) electrons. The number of nitrogens with zero attached hydrogens (tertiary/aromatic N) is 4. The van der Waals surface area contributed by atoms with Crippen molar-refractivity contribution in [1.82, 2.24) is 20.0 Å². The van der Waals surface area contributed by atoms with Gasteiger partial charge >= 0.3 is 6.03 Å². The lowest BCUT2D eigenvalue weighted by atomic mass is 9.74. The van der Waals surface area contributed by atoms with Crippen molar-refractivity contribution in [3.8, 4) is 6.07 Å². The number of nitrogens with two attached hydrogens (primary N) is 1. The Kier molecular flexibility index (Phi) is 9.92. The number of hydrogen-bond donors (Lipinski definition) is 2. The summed E-state index contributed by atoms with van der Waals surface area (Å²) in [5, 5.41) is 13.1. The van der Waals surface area contributed by atoms with Gasteiger partial charge in [0, 0.05) is 30.6 Å². The number of fused-ring (bicyclic) bond motifs is 2. The highest BCUT2D eigenvalue weighted by molar-refractivity contribution is 7.16. The summed E-state index contributed by atoms with van der Waals surface area (Å²) in [5.41, 5.74) is 7.76. The van der Waals surface area contributed by atoms with Crippen molar-refractivity contribution in [3.63, 3.8) is 0 Å². The van der Waals surface area contributed by atoms with Crippen LogP contribution in [0.3, 0.4) is 0 Å². The lowest BCUT2D eigenvalue weighted by Crippen LogP contribution is -2.55. The van der Waals surface area contributed by atoms with Crippen LogP contribution in [0, 0.1) is 23.2 Å². The molecule has 2 heterocycles. The molecule has 1 fully saturated rings. The van der Waals surface area contributed by atoms with Gasteiger partial charge in [0.1, 0.15) is 11.1 Å². The number of rotatable bonds is 10. The number of nitrogens with one attached hydrogen (secondary N) is 1. The summed E-state index contributed by atoms with van der Waals surface area (Å²) in [7, 11) is 6.11. The molecule has 10 heteroatoms. The van der Waals surface area contributed by atoms with Gasteiger partial charge in [0.05, 0.1) is 24.6 Å². The Hall–Kier alpha value is -2.19. The van der Waals surface area contributed by atoms with Crippen LogP contribution in [0.5, 0.6) is 0 Å². The smallest absolute Gasteiger partial charge is 0.324 e. The second-order valence-electron chi connectivity index (χ2n) is 9.89. The van der Waals surface area contributed by atoms with Gasteiger partial charge in [0.25, 0.3) is 0 Å². The molecule has 9 nitrogen and oxygen atoms in total. The molecule has 0 spiro atoms. The molecule has 35 heavy (non-hydrogen) atoms. The quantitative estimate of drug-likeness (QED) is 0.469. The zero-order valence-corrected chi connectivity index (χ0v) is 22.3. The minimum absolute atomic E-state index is 0.142. The fourth-order valence-corrected chi connectivity index (χ4v) is 6.42. The predicted octanol–water partition coefficient (Wildman–Crippen LogP) is 2.15. The number of carbonyl (C=O) groups excluding carboxylic acids is 2. The normalized spacial score (nSPS) is 21.8. The Morgan fingerprint density at radius 2 is 2.06 bits per heavy atom. The minimum Gasteiger partial charge on any atom is -0.389 e. The van der Waals surface area contributed by atoms with Gasteiger partial charge in [0.2, 0.25) is 5.91 Å². The molecule has 0 bridgehead atoms. The average Bonchev–Trinajstić information content (AvgIpc) is 3.13. The van der Waals surface area contributed by atoms with E-state index in [9.17, 15) is 14.9 Å². The number of urea groups is 1. The summed E-state index contributed by atoms with van der Waals surface area (Å²) in [6, 6.07) is 2.25. The fraction of sp³-hybridized carbons (Fsp3) is 0.720. The number of piperidine rings is 1. The summed E-state index contributed by atoms with van der Waals surface area (Å²) >= 11 is 1.52. The number of likely N-dealkylation sites (N-methyl/N-ethyl adjacent to an activating group) is 1. The average molecular weight is 505 g/mol. The van der Waals surface area contributed by atoms with E-state index in [2.05, 4.69) is 28.2 Å². The van der Waals surface area contributed by atoms with E-state index in [-0.39, 0.29) is 30.3 Å². The molecule has 1 aromatic rings. The van der Waals surface area contributed by atoms with Crippen LogP contribution in [-0.4, -0.2) is 93.2 Å². The van der Waals surface area contributed by atoms with Crippen LogP contribution in [0.1, 0.15) is 42.2 Å². The molecular weight excluding hydrogens is 464 g/mol. The van der Waals surface area contributed by atoms with Crippen molar-refractivity contribution in [2.24, 2.45) is 11.8 Å². The fourth-order valence-electron chi connectivity index (χ4n) is 5.33. The summed E-state index contributed by atoms with van der Waals surface area (Å²) in [4.78, 5) is 33.5. The number of nitriles is 1. The summed E-state index contributed by atoms with van der Waals surface area (Å²) in [6.45, 7) is 5.13. The third-order valence-electron chi connectivity index (χ3n) is 7.13. The van der Waals surface area contributed by atoms with Crippen molar-refractivity contribution < 1.29 is 14.3 Å². The highest BCUT2D eigenvalue weighted by atomic mass is 32.1. The first-order chi connectivity index (χ1) is 16.8. The molecule has 1 saturated heterocycles. The first-order valence-corrected chi connectivity index (χ1v) is 13.4. The van der Waals surface area contributed by atoms with E-state index >= 15 is 0 Å². The largest absolute Gasteiger partial charge is 0.389 e. The van der Waals surface area contributed by atoms with Crippen LogP contribution in [0.2, 0.25) is 0 Å². The van der Waals surface area contributed by atoms with Crippen molar-refractivity contribution in [2.45, 2.75) is 45.1 Å². The Labute approximate surface area is 213 Å². The van der Waals surface area contributed by atoms with Gasteiger partial charge in [-0.25, -0.2) is 4.79 Å². The molecule has 1 aliphatic heterocycles. The number of amides is 3. The number of carbonyl (C=O) groups is 2. The SMILES string of the molecule is CCOCCN(C(=O)NCCCCN(C)C)C(=O)[C@@H]1C[C@@H]2Cc3c(sc(N)c3C#N)C[C@H]2N(C)C1. The summed E-state index contributed by atoms with van der Waals surface area (Å²) in [6.07, 6.45) is 4.16. The number of hydrogen-bond acceptors (Lipinski definition) is 8. The molecule has 3 N–H and O–H groups in total. The topological polar surface area (TPSA) is 115 Å². The minimum atomic E-state index is -0.340. The number of thiophene rings is 1. The van der Waals surface area contributed by atoms with E-state index in [0.717, 1.165) is 37.8 Å². The molecule has 1 aliphatic carbocycles. The highest BCUT2D eigenvalue weighted by Gasteiger charge is 2.43. The lowest BCUT2D eigenvalue weighted by Gasteiger charge is -2.45. The van der Waals surface area contributed by atoms with Crippen LogP contribution in [0.25, 0.3) is 0 Å². The maximum absolute atomic E-state index is 13.6. The van der Waals surface area contributed by atoms with Crippen molar-refractivity contribution in [2.75, 3.05) is 66.3 Å². The molecule has 3 atom stereocenters. The lowest BCUT2D eigenvalue weighted by molar-refractivity contribution is -0.136. The molecule has 0 saturated carbocycles. The Morgan fingerprint density at radius 1 is 1.29 bits per heavy atom. The zero-order chi connectivity index (χ0) is 25.5. The molecular formula is C25H40N6O3S. The number of imide groups is 1. The van der Waals surface area contributed by atoms with Crippen LogP contribution in [0.15, 0.2) is 0 Å². The van der Waals surface area contributed by atoms with E-state index in [1.54, 1.807) is 0 Å². The number of likely N-dealkylation sites (tertiary alicyclic amines) is 1. The number of unbranched alkanes of at least 4 members (excludes halogenated alkanes) is 1. The van der Waals surface area contributed by atoms with Gasteiger partial charge in [-0.1, -0.05) is 0 Å².